The van der Waals surface area contributed by atoms with Crippen LogP contribution in [-0.4, -0.2) is 47.7 Å². The lowest BCUT2D eigenvalue weighted by molar-refractivity contribution is 0.181. The van der Waals surface area contributed by atoms with Gasteiger partial charge in [0.2, 0.25) is 0 Å². The number of likely N-dealkylation sites (tertiary alicyclic amines) is 1. The van der Waals surface area contributed by atoms with Gasteiger partial charge in [0.25, 0.3) is 0 Å². The molecule has 1 saturated heterocycles. The van der Waals surface area contributed by atoms with Gasteiger partial charge in [0.05, 0.1) is 12.3 Å². The first kappa shape index (κ1) is 18.6. The number of rotatable bonds is 6. The van der Waals surface area contributed by atoms with E-state index < -0.39 is 0 Å². The largest absolute Gasteiger partial charge is 0.378 e. The Kier molecular flexibility index (Phi) is 5.95. The van der Waals surface area contributed by atoms with Crippen LogP contribution in [0.25, 0.3) is 0 Å². The minimum absolute atomic E-state index is 0.0651. The first-order valence-electron chi connectivity index (χ1n) is 9.80. The molecule has 1 aromatic rings. The predicted octanol–water partition coefficient (Wildman–Crippen LogP) is 3.60. The number of nitrogens with one attached hydrogen (secondary N) is 1. The topological polar surface area (TPSA) is 50.3 Å². The maximum Gasteiger partial charge on any atom is 0.136 e. The third-order valence-electron chi connectivity index (χ3n) is 5.36. The molecule has 0 amide bonds. The second-order valence-corrected chi connectivity index (χ2v) is 8.79. The molecule has 2 heterocycles. The lowest BCUT2D eigenvalue weighted by Gasteiger charge is -2.22. The molecule has 2 aliphatic rings. The highest BCUT2D eigenvalue weighted by Gasteiger charge is 2.27. The van der Waals surface area contributed by atoms with Crippen molar-refractivity contribution in [3.05, 3.63) is 17.6 Å². The Morgan fingerprint density at radius 2 is 1.96 bits per heavy atom. The summed E-state index contributed by atoms with van der Waals surface area (Å²) in [6.07, 6.45) is 6.91. The molecule has 3 rings (SSSR count). The fourth-order valence-corrected chi connectivity index (χ4v) is 4.01. The van der Waals surface area contributed by atoms with E-state index in [0.29, 0.717) is 12.6 Å². The summed E-state index contributed by atoms with van der Waals surface area (Å²) in [5, 5.41) is 3.66. The lowest BCUT2D eigenvalue weighted by atomic mass is 9.95. The fraction of sp³-hybridized carbons (Fsp3) is 0.800. The molecule has 0 bridgehead atoms. The molecule has 1 atom stereocenters. The third-order valence-corrected chi connectivity index (χ3v) is 5.36. The van der Waals surface area contributed by atoms with E-state index in [-0.39, 0.29) is 5.41 Å². The molecule has 1 aliphatic heterocycles. The van der Waals surface area contributed by atoms with Gasteiger partial charge in [-0.2, -0.15) is 0 Å². The van der Waals surface area contributed by atoms with Crippen molar-refractivity contribution in [2.45, 2.75) is 70.9 Å². The molecular formula is C20H34N4O. The molecule has 5 heteroatoms. The molecule has 1 N–H and O–H groups in total. The van der Waals surface area contributed by atoms with Crippen LogP contribution in [0.2, 0.25) is 0 Å². The van der Waals surface area contributed by atoms with Crippen molar-refractivity contribution in [1.82, 2.24) is 14.9 Å². The predicted molar refractivity (Wildman–Crippen MR) is 102 cm³/mol. The Balaban J connectivity index is 1.62. The molecule has 140 valence electrons. The minimum Gasteiger partial charge on any atom is -0.378 e. The molecule has 1 aromatic heterocycles. The van der Waals surface area contributed by atoms with Crippen LogP contribution >= 0.6 is 0 Å². The van der Waals surface area contributed by atoms with Crippen molar-refractivity contribution >= 4 is 5.82 Å². The van der Waals surface area contributed by atoms with E-state index in [0.717, 1.165) is 29.8 Å². The molecular weight excluding hydrogens is 312 g/mol. The standard InChI is InChI=1S/C20H34N4O/c1-20(2,3)19-22-17(14-25-4)11-18(23-19)21-16-9-10-24(13-16)12-15-7-5-6-8-15/h11,15-16H,5-10,12-14H2,1-4H3,(H,21,22,23). The molecule has 1 saturated carbocycles. The molecule has 0 radical (unpaired) electrons. The van der Waals surface area contributed by atoms with Gasteiger partial charge >= 0.3 is 0 Å². The second-order valence-electron chi connectivity index (χ2n) is 8.79. The normalized spacial score (nSPS) is 22.6. The quantitative estimate of drug-likeness (QED) is 0.853. The van der Waals surface area contributed by atoms with E-state index in [1.165, 1.54) is 45.2 Å². The zero-order chi connectivity index (χ0) is 17.9. The average molecular weight is 347 g/mol. The van der Waals surface area contributed by atoms with E-state index >= 15 is 0 Å². The van der Waals surface area contributed by atoms with Gasteiger partial charge in [0.1, 0.15) is 11.6 Å². The molecule has 1 aliphatic carbocycles. The van der Waals surface area contributed by atoms with Crippen LogP contribution in [0.3, 0.4) is 0 Å². The van der Waals surface area contributed by atoms with Crippen molar-refractivity contribution in [1.29, 1.82) is 0 Å². The number of ether oxygens (including phenoxy) is 1. The summed E-state index contributed by atoms with van der Waals surface area (Å²) >= 11 is 0. The number of nitrogens with zero attached hydrogens (tertiary/aromatic N) is 3. The van der Waals surface area contributed by atoms with E-state index in [4.69, 9.17) is 9.72 Å². The number of aromatic nitrogens is 2. The maximum atomic E-state index is 5.29. The van der Waals surface area contributed by atoms with Gasteiger partial charge in [0.15, 0.2) is 0 Å². The van der Waals surface area contributed by atoms with Crippen LogP contribution in [0, 0.1) is 5.92 Å². The summed E-state index contributed by atoms with van der Waals surface area (Å²) < 4.78 is 5.29. The maximum absolute atomic E-state index is 5.29. The first-order chi connectivity index (χ1) is 11.9. The van der Waals surface area contributed by atoms with Gasteiger partial charge in [0, 0.05) is 44.3 Å². The first-order valence-corrected chi connectivity index (χ1v) is 9.80. The van der Waals surface area contributed by atoms with Crippen LogP contribution in [0.1, 0.15) is 64.4 Å². The number of methoxy groups -OCH3 is 1. The van der Waals surface area contributed by atoms with Crippen LogP contribution in [-0.2, 0) is 16.8 Å². The van der Waals surface area contributed by atoms with Gasteiger partial charge in [-0.25, -0.2) is 9.97 Å². The van der Waals surface area contributed by atoms with Crippen molar-refractivity contribution in [3.63, 3.8) is 0 Å². The van der Waals surface area contributed by atoms with Gasteiger partial charge in [-0.1, -0.05) is 33.6 Å². The van der Waals surface area contributed by atoms with Crippen molar-refractivity contribution in [2.24, 2.45) is 5.92 Å². The van der Waals surface area contributed by atoms with Gasteiger partial charge in [-0.3, -0.25) is 0 Å². The van der Waals surface area contributed by atoms with Crippen LogP contribution < -0.4 is 5.32 Å². The summed E-state index contributed by atoms with van der Waals surface area (Å²) in [5.41, 5.74) is 0.885. The molecule has 5 nitrogen and oxygen atoms in total. The fourth-order valence-electron chi connectivity index (χ4n) is 4.01. The summed E-state index contributed by atoms with van der Waals surface area (Å²) in [4.78, 5) is 12.1. The Morgan fingerprint density at radius 3 is 2.64 bits per heavy atom. The summed E-state index contributed by atoms with van der Waals surface area (Å²) in [5.74, 6) is 2.75. The van der Waals surface area contributed by atoms with Gasteiger partial charge < -0.3 is 15.0 Å². The van der Waals surface area contributed by atoms with Gasteiger partial charge in [-0.05, 0) is 25.2 Å². The van der Waals surface area contributed by atoms with Crippen LogP contribution in [0.4, 0.5) is 5.82 Å². The summed E-state index contributed by atoms with van der Waals surface area (Å²) in [6.45, 7) is 10.6. The van der Waals surface area contributed by atoms with Gasteiger partial charge in [-0.15, -0.1) is 0 Å². The second kappa shape index (κ2) is 8.00. The molecule has 25 heavy (non-hydrogen) atoms. The Morgan fingerprint density at radius 1 is 1.20 bits per heavy atom. The SMILES string of the molecule is COCc1cc(NC2CCN(CC3CCCC3)C2)nc(C(C)(C)C)n1. The summed E-state index contributed by atoms with van der Waals surface area (Å²) in [7, 11) is 1.71. The average Bonchev–Trinajstić information content (AvgIpc) is 3.19. The third kappa shape index (κ3) is 5.14. The zero-order valence-electron chi connectivity index (χ0n) is 16.3. The Bertz CT molecular complexity index is 563. The van der Waals surface area contributed by atoms with Crippen molar-refractivity contribution in [2.75, 3.05) is 32.1 Å². The highest BCUT2D eigenvalue weighted by atomic mass is 16.5. The lowest BCUT2D eigenvalue weighted by Crippen LogP contribution is -2.30. The molecule has 1 unspecified atom stereocenters. The monoisotopic (exact) mass is 346 g/mol. The van der Waals surface area contributed by atoms with Crippen molar-refractivity contribution < 1.29 is 4.74 Å². The Labute approximate surface area is 152 Å². The minimum atomic E-state index is -0.0651. The smallest absolute Gasteiger partial charge is 0.136 e. The molecule has 0 aromatic carbocycles. The number of hydrogen-bond donors (Lipinski definition) is 1. The van der Waals surface area contributed by atoms with E-state index in [1.807, 2.05) is 6.07 Å². The molecule has 2 fully saturated rings. The number of hydrogen-bond acceptors (Lipinski definition) is 5. The Hall–Kier alpha value is -1.20. The zero-order valence-corrected chi connectivity index (χ0v) is 16.3. The highest BCUT2D eigenvalue weighted by molar-refractivity contribution is 5.38. The van der Waals surface area contributed by atoms with E-state index in [1.54, 1.807) is 7.11 Å². The van der Waals surface area contributed by atoms with E-state index in [9.17, 15) is 0 Å². The van der Waals surface area contributed by atoms with Crippen LogP contribution in [0.15, 0.2) is 6.07 Å². The van der Waals surface area contributed by atoms with Crippen LogP contribution in [0.5, 0.6) is 0 Å². The summed E-state index contributed by atoms with van der Waals surface area (Å²) in [6, 6.07) is 2.53. The number of anilines is 1. The molecule has 0 spiro atoms. The van der Waals surface area contributed by atoms with E-state index in [2.05, 4.69) is 36.0 Å². The van der Waals surface area contributed by atoms with Crippen molar-refractivity contribution in [3.8, 4) is 0 Å². The highest BCUT2D eigenvalue weighted by Crippen LogP contribution is 2.27.